The Bertz CT molecular complexity index is 546. The highest BCUT2D eigenvalue weighted by molar-refractivity contribution is 7.80. The molecule has 1 aliphatic rings. The lowest BCUT2D eigenvalue weighted by molar-refractivity contribution is 0.256. The van der Waals surface area contributed by atoms with Crippen molar-refractivity contribution in [2.24, 2.45) is 0 Å². The smallest absolute Gasteiger partial charge is 0.169 e. The zero-order valence-corrected chi connectivity index (χ0v) is 11.0. The molecule has 2 aromatic rings. The number of fused-ring (bicyclic) bond motifs is 1. The van der Waals surface area contributed by atoms with E-state index in [2.05, 4.69) is 33.1 Å². The molecular weight excluding hydrogens is 246 g/mol. The molecule has 3 rings (SSSR count). The first-order chi connectivity index (χ1) is 8.81. The summed E-state index contributed by atoms with van der Waals surface area (Å²) in [6.45, 7) is 1.83. The van der Waals surface area contributed by atoms with E-state index in [4.69, 9.17) is 16.6 Å². The van der Waals surface area contributed by atoms with Crippen LogP contribution in [0.2, 0.25) is 0 Å². The molecule has 0 aromatic carbocycles. The zero-order chi connectivity index (χ0) is 12.5. The fourth-order valence-electron chi connectivity index (χ4n) is 2.49. The van der Waals surface area contributed by atoms with E-state index in [0.29, 0.717) is 0 Å². The molecule has 1 unspecified atom stereocenters. The average Bonchev–Trinajstić information content (AvgIpc) is 3.07. The Kier molecular flexibility index (Phi) is 2.83. The minimum absolute atomic E-state index is 0.0590. The van der Waals surface area contributed by atoms with Crippen LogP contribution in [-0.4, -0.2) is 28.2 Å². The van der Waals surface area contributed by atoms with E-state index in [9.17, 15) is 0 Å². The van der Waals surface area contributed by atoms with Crippen molar-refractivity contribution in [3.05, 3.63) is 48.2 Å². The van der Waals surface area contributed by atoms with E-state index in [1.807, 2.05) is 19.2 Å². The van der Waals surface area contributed by atoms with Gasteiger partial charge in [-0.1, -0.05) is 0 Å². The minimum Gasteiger partial charge on any atom is -0.467 e. The first-order valence-corrected chi connectivity index (χ1v) is 6.39. The predicted molar refractivity (Wildman–Crippen MR) is 73.3 cm³/mol. The number of aromatic nitrogens is 1. The molecule has 3 heterocycles. The molecule has 0 radical (unpaired) electrons. The second-order valence-corrected chi connectivity index (χ2v) is 4.68. The Morgan fingerprint density at radius 2 is 2.28 bits per heavy atom. The van der Waals surface area contributed by atoms with Gasteiger partial charge in [-0.05, 0) is 36.5 Å². The van der Waals surface area contributed by atoms with Crippen LogP contribution >= 0.6 is 12.2 Å². The summed E-state index contributed by atoms with van der Waals surface area (Å²) in [6, 6.07) is 8.16. The highest BCUT2D eigenvalue weighted by Gasteiger charge is 2.31. The quantitative estimate of drug-likeness (QED) is 0.796. The van der Waals surface area contributed by atoms with Crippen LogP contribution in [0.4, 0.5) is 0 Å². The van der Waals surface area contributed by atoms with Gasteiger partial charge >= 0.3 is 0 Å². The Labute approximate surface area is 111 Å². The summed E-state index contributed by atoms with van der Waals surface area (Å²) in [5.74, 6) is 0.923. The van der Waals surface area contributed by atoms with E-state index < -0.39 is 0 Å². The molecule has 18 heavy (non-hydrogen) atoms. The number of thiocarbonyl (C=S) groups is 1. The fourth-order valence-corrected chi connectivity index (χ4v) is 2.69. The Hall–Kier alpha value is -1.75. The Morgan fingerprint density at radius 1 is 1.39 bits per heavy atom. The second-order valence-electron chi connectivity index (χ2n) is 4.29. The predicted octanol–water partition coefficient (Wildman–Crippen LogP) is 1.99. The maximum absolute atomic E-state index is 5.58. The molecule has 0 amide bonds. The number of rotatable bonds is 1. The van der Waals surface area contributed by atoms with Crippen LogP contribution in [0.15, 0.2) is 41.1 Å². The van der Waals surface area contributed by atoms with Crippen molar-refractivity contribution in [3.8, 4) is 0 Å². The third-order valence-electron chi connectivity index (χ3n) is 3.33. The van der Waals surface area contributed by atoms with Crippen LogP contribution in [0.25, 0.3) is 0 Å². The van der Waals surface area contributed by atoms with Crippen LogP contribution in [0.3, 0.4) is 0 Å². The lowest BCUT2D eigenvalue weighted by Gasteiger charge is -2.37. The highest BCUT2D eigenvalue weighted by Crippen LogP contribution is 2.32. The van der Waals surface area contributed by atoms with E-state index in [-0.39, 0.29) is 6.04 Å². The molecule has 5 heteroatoms. The largest absolute Gasteiger partial charge is 0.467 e. The van der Waals surface area contributed by atoms with Gasteiger partial charge in [-0.3, -0.25) is 0 Å². The molecule has 0 spiro atoms. The summed E-state index contributed by atoms with van der Waals surface area (Å²) in [7, 11) is 1.86. The summed E-state index contributed by atoms with van der Waals surface area (Å²) in [4.78, 5) is 2.17. The maximum atomic E-state index is 5.58. The molecular formula is C13H15N3OS. The molecule has 1 atom stereocenters. The van der Waals surface area contributed by atoms with E-state index in [1.165, 1.54) is 5.69 Å². The van der Waals surface area contributed by atoms with E-state index >= 15 is 0 Å². The van der Waals surface area contributed by atoms with Crippen LogP contribution in [0, 0.1) is 0 Å². The molecule has 1 N–H and O–H groups in total. The Morgan fingerprint density at radius 3 is 3.00 bits per heavy atom. The van der Waals surface area contributed by atoms with Gasteiger partial charge in [0.2, 0.25) is 0 Å². The Balaban J connectivity index is 2.05. The van der Waals surface area contributed by atoms with Crippen molar-refractivity contribution >= 4 is 17.3 Å². The van der Waals surface area contributed by atoms with Crippen molar-refractivity contribution in [2.75, 3.05) is 13.6 Å². The zero-order valence-electron chi connectivity index (χ0n) is 10.2. The van der Waals surface area contributed by atoms with Gasteiger partial charge in [0.05, 0.1) is 6.26 Å². The van der Waals surface area contributed by atoms with Crippen LogP contribution in [-0.2, 0) is 6.54 Å². The molecule has 0 saturated heterocycles. The first-order valence-electron chi connectivity index (χ1n) is 5.98. The molecule has 1 aliphatic heterocycles. The summed E-state index contributed by atoms with van der Waals surface area (Å²) >= 11 is 5.39. The lowest BCUT2D eigenvalue weighted by atomic mass is 10.1. The fraction of sp³-hybridized carbons (Fsp3) is 0.308. The molecule has 0 saturated carbocycles. The van der Waals surface area contributed by atoms with E-state index in [0.717, 1.165) is 24.0 Å². The average molecular weight is 261 g/mol. The van der Waals surface area contributed by atoms with Gasteiger partial charge in [0.25, 0.3) is 0 Å². The van der Waals surface area contributed by atoms with Gasteiger partial charge < -0.3 is 19.2 Å². The minimum atomic E-state index is 0.0590. The third kappa shape index (κ3) is 1.71. The number of nitrogens with zero attached hydrogens (tertiary/aromatic N) is 2. The first kappa shape index (κ1) is 11.3. The van der Waals surface area contributed by atoms with Crippen LogP contribution < -0.4 is 5.32 Å². The van der Waals surface area contributed by atoms with E-state index in [1.54, 1.807) is 6.26 Å². The van der Waals surface area contributed by atoms with Gasteiger partial charge in [0.15, 0.2) is 5.11 Å². The number of hydrogen-bond donors (Lipinski definition) is 1. The second kappa shape index (κ2) is 4.49. The summed E-state index contributed by atoms with van der Waals surface area (Å²) in [5.41, 5.74) is 1.22. The topological polar surface area (TPSA) is 33.3 Å². The molecule has 0 aliphatic carbocycles. The third-order valence-corrected chi connectivity index (χ3v) is 3.76. The lowest BCUT2D eigenvalue weighted by Crippen LogP contribution is -2.45. The number of furan rings is 1. The van der Waals surface area contributed by atoms with Crippen LogP contribution in [0.1, 0.15) is 17.5 Å². The molecule has 0 bridgehead atoms. The van der Waals surface area contributed by atoms with Crippen molar-refractivity contribution in [3.63, 3.8) is 0 Å². The standard InChI is InChI=1S/C13H15N3OS/c1-14-13(18)16-8-7-15-6-2-4-10(15)12(16)11-5-3-9-17-11/h2-6,9,12H,7-8H2,1H3,(H,14,18). The van der Waals surface area contributed by atoms with Gasteiger partial charge in [0, 0.05) is 32.0 Å². The van der Waals surface area contributed by atoms with Crippen molar-refractivity contribution in [1.82, 2.24) is 14.8 Å². The normalized spacial score (nSPS) is 18.5. The van der Waals surface area contributed by atoms with Crippen molar-refractivity contribution in [2.45, 2.75) is 12.6 Å². The SMILES string of the molecule is CNC(=S)N1CCn2cccc2C1c1ccco1. The number of nitrogens with one attached hydrogen (secondary N) is 1. The molecule has 94 valence electrons. The summed E-state index contributed by atoms with van der Waals surface area (Å²) in [6.07, 6.45) is 3.81. The highest BCUT2D eigenvalue weighted by atomic mass is 32.1. The summed E-state index contributed by atoms with van der Waals surface area (Å²) < 4.78 is 7.83. The maximum Gasteiger partial charge on any atom is 0.169 e. The number of hydrogen-bond acceptors (Lipinski definition) is 2. The van der Waals surface area contributed by atoms with Gasteiger partial charge in [-0.25, -0.2) is 0 Å². The molecule has 4 nitrogen and oxygen atoms in total. The van der Waals surface area contributed by atoms with Gasteiger partial charge in [-0.2, -0.15) is 0 Å². The van der Waals surface area contributed by atoms with Crippen LogP contribution in [0.5, 0.6) is 0 Å². The summed E-state index contributed by atoms with van der Waals surface area (Å²) in [5, 5.41) is 3.81. The van der Waals surface area contributed by atoms with Crippen molar-refractivity contribution < 1.29 is 4.42 Å². The van der Waals surface area contributed by atoms with Crippen molar-refractivity contribution in [1.29, 1.82) is 0 Å². The van der Waals surface area contributed by atoms with Gasteiger partial charge in [-0.15, -0.1) is 0 Å². The monoisotopic (exact) mass is 261 g/mol. The van der Waals surface area contributed by atoms with Gasteiger partial charge in [0.1, 0.15) is 11.8 Å². The molecule has 2 aromatic heterocycles. The molecule has 0 fully saturated rings.